The minimum absolute atomic E-state index is 0.168. The van der Waals surface area contributed by atoms with E-state index in [1.807, 2.05) is 50.4 Å². The lowest BCUT2D eigenvalue weighted by Gasteiger charge is -2.20. The third-order valence-corrected chi connectivity index (χ3v) is 5.77. The van der Waals surface area contributed by atoms with Gasteiger partial charge < -0.3 is 4.52 Å². The third kappa shape index (κ3) is 3.25. The lowest BCUT2D eigenvalue weighted by atomic mass is 10.1. The van der Waals surface area contributed by atoms with Gasteiger partial charge in [0.2, 0.25) is 11.7 Å². The average Bonchev–Trinajstić information content (AvgIpc) is 3.28. The zero-order valence-electron chi connectivity index (χ0n) is 15.0. The van der Waals surface area contributed by atoms with Crippen LogP contribution in [0.1, 0.15) is 29.4 Å². The summed E-state index contributed by atoms with van der Waals surface area (Å²) in [6.45, 7) is 4.78. The highest BCUT2D eigenvalue weighted by Gasteiger charge is 2.19. The molecule has 0 radical (unpaired) electrons. The predicted molar refractivity (Wildman–Crippen MR) is 104 cm³/mol. The van der Waals surface area contributed by atoms with Crippen LogP contribution >= 0.6 is 11.3 Å². The maximum atomic E-state index is 5.47. The molecule has 0 aliphatic carbocycles. The monoisotopic (exact) mass is 364 g/mol. The Balaban J connectivity index is 1.51. The molecule has 0 bridgehead atoms. The molecule has 4 aromatic rings. The van der Waals surface area contributed by atoms with Gasteiger partial charge in [-0.3, -0.25) is 4.90 Å². The van der Waals surface area contributed by atoms with Crippen molar-refractivity contribution in [3.8, 4) is 11.4 Å². The molecule has 2 aromatic heterocycles. The Labute approximate surface area is 156 Å². The number of benzene rings is 2. The molecule has 26 heavy (non-hydrogen) atoms. The molecule has 132 valence electrons. The molecule has 6 heteroatoms. The highest BCUT2D eigenvalue weighted by atomic mass is 32.1. The summed E-state index contributed by atoms with van der Waals surface area (Å²) in [7, 11) is 2.05. The normalized spacial score (nSPS) is 12.8. The van der Waals surface area contributed by atoms with Gasteiger partial charge in [0.15, 0.2) is 0 Å². The van der Waals surface area contributed by atoms with Crippen molar-refractivity contribution in [1.82, 2.24) is 20.0 Å². The first-order valence-corrected chi connectivity index (χ1v) is 9.38. The summed E-state index contributed by atoms with van der Waals surface area (Å²) in [4.78, 5) is 11.5. The Morgan fingerprint density at radius 1 is 1.08 bits per heavy atom. The van der Waals surface area contributed by atoms with Crippen molar-refractivity contribution < 1.29 is 4.52 Å². The zero-order chi connectivity index (χ0) is 18.1. The van der Waals surface area contributed by atoms with Crippen LogP contribution in [-0.4, -0.2) is 27.1 Å². The number of aryl methyl sites for hydroxylation is 1. The van der Waals surface area contributed by atoms with E-state index in [1.54, 1.807) is 11.3 Å². The minimum atomic E-state index is 0.168. The minimum Gasteiger partial charge on any atom is -0.338 e. The molecule has 1 unspecified atom stereocenters. The van der Waals surface area contributed by atoms with E-state index in [-0.39, 0.29) is 6.04 Å². The Kier molecular flexibility index (Phi) is 4.53. The molecule has 2 heterocycles. The quantitative estimate of drug-likeness (QED) is 0.507. The molecule has 2 aromatic carbocycles. The lowest BCUT2D eigenvalue weighted by Crippen LogP contribution is -2.22. The van der Waals surface area contributed by atoms with E-state index in [4.69, 9.17) is 9.51 Å². The zero-order valence-corrected chi connectivity index (χ0v) is 15.8. The summed E-state index contributed by atoms with van der Waals surface area (Å²) in [5.41, 5.74) is 3.19. The summed E-state index contributed by atoms with van der Waals surface area (Å²) < 4.78 is 6.68. The van der Waals surface area contributed by atoms with Gasteiger partial charge in [-0.1, -0.05) is 41.6 Å². The first kappa shape index (κ1) is 16.9. The van der Waals surface area contributed by atoms with Gasteiger partial charge in [-0.25, -0.2) is 4.98 Å². The Morgan fingerprint density at radius 2 is 1.85 bits per heavy atom. The van der Waals surface area contributed by atoms with Crippen LogP contribution < -0.4 is 0 Å². The van der Waals surface area contributed by atoms with Crippen LogP contribution in [0.4, 0.5) is 0 Å². The number of fused-ring (bicyclic) bond motifs is 1. The Bertz CT molecular complexity index is 1010. The van der Waals surface area contributed by atoms with Crippen LogP contribution in [0.5, 0.6) is 0 Å². The van der Waals surface area contributed by atoms with E-state index in [0.29, 0.717) is 18.3 Å². The lowest BCUT2D eigenvalue weighted by molar-refractivity contribution is 0.216. The molecule has 0 aliphatic rings. The highest BCUT2D eigenvalue weighted by Crippen LogP contribution is 2.29. The number of hydrogen-bond donors (Lipinski definition) is 0. The van der Waals surface area contributed by atoms with Gasteiger partial charge >= 0.3 is 0 Å². The summed E-state index contributed by atoms with van der Waals surface area (Å²) in [6, 6.07) is 16.4. The maximum absolute atomic E-state index is 5.47. The average molecular weight is 364 g/mol. The summed E-state index contributed by atoms with van der Waals surface area (Å²) in [5, 5.41) is 5.23. The van der Waals surface area contributed by atoms with Crippen LogP contribution in [0, 0.1) is 6.92 Å². The fraction of sp³-hybridized carbons (Fsp3) is 0.250. The smallest absolute Gasteiger partial charge is 0.241 e. The first-order valence-electron chi connectivity index (χ1n) is 8.56. The number of rotatable bonds is 5. The predicted octanol–water partition coefficient (Wildman–Crippen LogP) is 4.85. The number of aromatic nitrogens is 3. The van der Waals surface area contributed by atoms with Gasteiger partial charge in [0.05, 0.1) is 22.8 Å². The largest absolute Gasteiger partial charge is 0.338 e. The van der Waals surface area contributed by atoms with Gasteiger partial charge in [0.1, 0.15) is 5.01 Å². The summed E-state index contributed by atoms with van der Waals surface area (Å²) in [5.74, 6) is 1.25. The third-order valence-electron chi connectivity index (χ3n) is 4.57. The fourth-order valence-electron chi connectivity index (χ4n) is 2.86. The van der Waals surface area contributed by atoms with Crippen molar-refractivity contribution in [2.24, 2.45) is 0 Å². The Morgan fingerprint density at radius 3 is 2.65 bits per heavy atom. The van der Waals surface area contributed by atoms with Gasteiger partial charge in [-0.05, 0) is 38.6 Å². The van der Waals surface area contributed by atoms with E-state index in [2.05, 4.69) is 34.1 Å². The second-order valence-electron chi connectivity index (χ2n) is 6.44. The van der Waals surface area contributed by atoms with Crippen LogP contribution in [0.3, 0.4) is 0 Å². The topological polar surface area (TPSA) is 55.1 Å². The maximum Gasteiger partial charge on any atom is 0.241 e. The van der Waals surface area contributed by atoms with Gasteiger partial charge in [-0.15, -0.1) is 11.3 Å². The fourth-order valence-corrected chi connectivity index (χ4v) is 3.94. The molecule has 0 amide bonds. The van der Waals surface area contributed by atoms with Gasteiger partial charge in [0, 0.05) is 5.56 Å². The summed E-state index contributed by atoms with van der Waals surface area (Å²) >= 11 is 1.73. The first-order chi connectivity index (χ1) is 12.6. The SMILES string of the molecule is Cc1ccccc1-c1noc(CN(C)C(C)c2nc3ccccc3s2)n1. The van der Waals surface area contributed by atoms with E-state index >= 15 is 0 Å². The van der Waals surface area contributed by atoms with Crippen molar-refractivity contribution in [1.29, 1.82) is 0 Å². The van der Waals surface area contributed by atoms with Crippen LogP contribution in [0.2, 0.25) is 0 Å². The number of thiazole rings is 1. The van der Waals surface area contributed by atoms with E-state index in [9.17, 15) is 0 Å². The van der Waals surface area contributed by atoms with Crippen molar-refractivity contribution in [3.05, 3.63) is 65.0 Å². The molecular weight excluding hydrogens is 344 g/mol. The standard InChI is InChI=1S/C20H20N4OS/c1-13-8-4-5-9-15(13)19-22-18(25-23-19)12-24(3)14(2)20-21-16-10-6-7-11-17(16)26-20/h4-11,14H,12H2,1-3H3. The number of nitrogens with zero attached hydrogens (tertiary/aromatic N) is 4. The van der Waals surface area contributed by atoms with Crippen LogP contribution in [-0.2, 0) is 6.54 Å². The molecule has 0 spiro atoms. The number of para-hydroxylation sites is 1. The van der Waals surface area contributed by atoms with Gasteiger partial charge in [0.25, 0.3) is 0 Å². The molecule has 0 saturated carbocycles. The number of hydrogen-bond acceptors (Lipinski definition) is 6. The Hall–Kier alpha value is -2.57. The van der Waals surface area contributed by atoms with E-state index < -0.39 is 0 Å². The van der Waals surface area contributed by atoms with Gasteiger partial charge in [-0.2, -0.15) is 4.98 Å². The van der Waals surface area contributed by atoms with Crippen LogP contribution in [0.15, 0.2) is 53.1 Å². The highest BCUT2D eigenvalue weighted by molar-refractivity contribution is 7.18. The van der Waals surface area contributed by atoms with E-state index in [1.165, 1.54) is 4.70 Å². The van der Waals surface area contributed by atoms with Crippen molar-refractivity contribution in [2.75, 3.05) is 7.05 Å². The molecule has 0 fully saturated rings. The molecule has 5 nitrogen and oxygen atoms in total. The summed E-state index contributed by atoms with van der Waals surface area (Å²) in [6.07, 6.45) is 0. The molecule has 0 saturated heterocycles. The van der Waals surface area contributed by atoms with Crippen molar-refractivity contribution in [3.63, 3.8) is 0 Å². The second-order valence-corrected chi connectivity index (χ2v) is 7.50. The van der Waals surface area contributed by atoms with E-state index in [0.717, 1.165) is 21.7 Å². The molecule has 0 N–H and O–H groups in total. The second kappa shape index (κ2) is 6.97. The van der Waals surface area contributed by atoms with Crippen LogP contribution in [0.25, 0.3) is 21.6 Å². The molecule has 4 rings (SSSR count). The molecular formula is C20H20N4OS. The molecule has 1 atom stereocenters. The van der Waals surface area contributed by atoms with Crippen molar-refractivity contribution in [2.45, 2.75) is 26.4 Å². The molecule has 0 aliphatic heterocycles. The van der Waals surface area contributed by atoms with Crippen molar-refractivity contribution >= 4 is 21.6 Å².